The summed E-state index contributed by atoms with van der Waals surface area (Å²) in [6.45, 7) is 2.43. The standard InChI is InChI=1S/C16H17FN2O2/c1-2-9-19(13-6-4-12(18)5-7-13)16(21)14-8-3-11(17)10-15(14)20/h3-8,10,20H,2,9,18H2,1H3. The third-order valence-corrected chi connectivity index (χ3v) is 3.09. The van der Waals surface area contributed by atoms with Crippen molar-refractivity contribution in [3.8, 4) is 5.75 Å². The van der Waals surface area contributed by atoms with Crippen LogP contribution in [0, 0.1) is 5.82 Å². The fourth-order valence-corrected chi connectivity index (χ4v) is 2.06. The number of amides is 1. The Labute approximate surface area is 122 Å². The number of nitrogens with zero attached hydrogens (tertiary/aromatic N) is 1. The Kier molecular flexibility index (Phi) is 4.42. The van der Waals surface area contributed by atoms with E-state index >= 15 is 0 Å². The smallest absolute Gasteiger partial charge is 0.262 e. The first kappa shape index (κ1) is 14.8. The zero-order valence-corrected chi connectivity index (χ0v) is 11.7. The second-order valence-corrected chi connectivity index (χ2v) is 4.71. The fraction of sp³-hybridized carbons (Fsp3) is 0.188. The van der Waals surface area contributed by atoms with Crippen molar-refractivity contribution in [2.45, 2.75) is 13.3 Å². The van der Waals surface area contributed by atoms with E-state index in [0.29, 0.717) is 17.9 Å². The van der Waals surface area contributed by atoms with E-state index in [9.17, 15) is 14.3 Å². The van der Waals surface area contributed by atoms with E-state index in [4.69, 9.17) is 5.73 Å². The van der Waals surface area contributed by atoms with Crippen LogP contribution in [0.4, 0.5) is 15.8 Å². The first-order chi connectivity index (χ1) is 10.0. The molecule has 3 N–H and O–H groups in total. The molecular weight excluding hydrogens is 271 g/mol. The van der Waals surface area contributed by atoms with Gasteiger partial charge in [0.1, 0.15) is 11.6 Å². The number of halogens is 1. The van der Waals surface area contributed by atoms with E-state index in [2.05, 4.69) is 0 Å². The molecule has 0 bridgehead atoms. The zero-order valence-electron chi connectivity index (χ0n) is 11.7. The highest BCUT2D eigenvalue weighted by molar-refractivity contribution is 6.07. The maximum absolute atomic E-state index is 13.0. The molecule has 2 aromatic carbocycles. The number of benzene rings is 2. The van der Waals surface area contributed by atoms with Gasteiger partial charge in [-0.05, 0) is 42.8 Å². The van der Waals surface area contributed by atoms with Crippen LogP contribution in [-0.2, 0) is 0 Å². The number of carbonyl (C=O) groups is 1. The van der Waals surface area contributed by atoms with Crippen molar-refractivity contribution < 1.29 is 14.3 Å². The van der Waals surface area contributed by atoms with Crippen molar-refractivity contribution in [2.24, 2.45) is 0 Å². The molecule has 5 heteroatoms. The highest BCUT2D eigenvalue weighted by Gasteiger charge is 2.20. The van der Waals surface area contributed by atoms with Crippen LogP contribution in [0.3, 0.4) is 0 Å². The third-order valence-electron chi connectivity index (χ3n) is 3.09. The monoisotopic (exact) mass is 288 g/mol. The van der Waals surface area contributed by atoms with Crippen LogP contribution in [0.5, 0.6) is 5.75 Å². The molecule has 0 saturated heterocycles. The van der Waals surface area contributed by atoms with Gasteiger partial charge < -0.3 is 15.7 Å². The minimum atomic E-state index is -0.585. The summed E-state index contributed by atoms with van der Waals surface area (Å²) in [5.74, 6) is -1.32. The second kappa shape index (κ2) is 6.26. The third kappa shape index (κ3) is 3.31. The number of rotatable bonds is 4. The number of aromatic hydroxyl groups is 1. The van der Waals surface area contributed by atoms with E-state index in [0.717, 1.165) is 18.6 Å². The minimum Gasteiger partial charge on any atom is -0.507 e. The lowest BCUT2D eigenvalue weighted by molar-refractivity contribution is 0.0984. The number of phenols is 1. The lowest BCUT2D eigenvalue weighted by Crippen LogP contribution is -2.31. The average molecular weight is 288 g/mol. The quantitative estimate of drug-likeness (QED) is 0.849. The summed E-state index contributed by atoms with van der Waals surface area (Å²) in [7, 11) is 0. The van der Waals surface area contributed by atoms with Crippen molar-refractivity contribution in [1.82, 2.24) is 0 Å². The normalized spacial score (nSPS) is 10.4. The molecular formula is C16H17FN2O2. The van der Waals surface area contributed by atoms with Gasteiger partial charge in [0.25, 0.3) is 5.91 Å². The molecule has 0 saturated carbocycles. The molecule has 0 aliphatic carbocycles. The van der Waals surface area contributed by atoms with Gasteiger partial charge in [-0.2, -0.15) is 0 Å². The van der Waals surface area contributed by atoms with E-state index in [1.807, 2.05) is 6.92 Å². The number of nitrogens with two attached hydrogens (primary N) is 1. The maximum Gasteiger partial charge on any atom is 0.262 e. The number of phenolic OH excluding ortho intramolecular Hbond substituents is 1. The number of hydrogen-bond acceptors (Lipinski definition) is 3. The van der Waals surface area contributed by atoms with Gasteiger partial charge in [0.2, 0.25) is 0 Å². The van der Waals surface area contributed by atoms with Crippen LogP contribution in [0.2, 0.25) is 0 Å². The van der Waals surface area contributed by atoms with Crippen molar-refractivity contribution in [3.63, 3.8) is 0 Å². The summed E-state index contributed by atoms with van der Waals surface area (Å²) < 4.78 is 13.0. The SMILES string of the molecule is CCCN(C(=O)c1ccc(F)cc1O)c1ccc(N)cc1. The van der Waals surface area contributed by atoms with Crippen molar-refractivity contribution in [1.29, 1.82) is 0 Å². The lowest BCUT2D eigenvalue weighted by atomic mass is 10.1. The molecule has 0 unspecified atom stereocenters. The van der Waals surface area contributed by atoms with Gasteiger partial charge in [0.05, 0.1) is 5.56 Å². The number of anilines is 2. The Morgan fingerprint density at radius 3 is 2.48 bits per heavy atom. The van der Waals surface area contributed by atoms with Crippen LogP contribution in [-0.4, -0.2) is 17.6 Å². The van der Waals surface area contributed by atoms with Crippen molar-refractivity contribution in [2.75, 3.05) is 17.2 Å². The van der Waals surface area contributed by atoms with E-state index < -0.39 is 5.82 Å². The van der Waals surface area contributed by atoms with Crippen LogP contribution >= 0.6 is 0 Å². The average Bonchev–Trinajstić information content (AvgIpc) is 2.45. The first-order valence-corrected chi connectivity index (χ1v) is 6.69. The molecule has 0 fully saturated rings. The number of hydrogen-bond donors (Lipinski definition) is 2. The van der Waals surface area contributed by atoms with Gasteiger partial charge in [-0.25, -0.2) is 4.39 Å². The van der Waals surface area contributed by atoms with E-state index in [1.165, 1.54) is 11.0 Å². The lowest BCUT2D eigenvalue weighted by Gasteiger charge is -2.23. The molecule has 0 spiro atoms. The van der Waals surface area contributed by atoms with Gasteiger partial charge in [-0.15, -0.1) is 0 Å². The predicted octanol–water partition coefficient (Wildman–Crippen LogP) is 3.17. The minimum absolute atomic E-state index is 0.0710. The van der Waals surface area contributed by atoms with Crippen LogP contribution in [0.15, 0.2) is 42.5 Å². The predicted molar refractivity (Wildman–Crippen MR) is 80.9 cm³/mol. The summed E-state index contributed by atoms with van der Waals surface area (Å²) in [5.41, 5.74) is 7.00. The largest absolute Gasteiger partial charge is 0.507 e. The van der Waals surface area contributed by atoms with Crippen LogP contribution in [0.1, 0.15) is 23.7 Å². The fourth-order valence-electron chi connectivity index (χ4n) is 2.06. The molecule has 0 atom stereocenters. The van der Waals surface area contributed by atoms with E-state index in [1.54, 1.807) is 24.3 Å². The molecule has 0 radical (unpaired) electrons. The Morgan fingerprint density at radius 1 is 1.24 bits per heavy atom. The maximum atomic E-state index is 13.0. The molecule has 0 aliphatic rings. The Bertz CT molecular complexity index is 641. The molecule has 1 amide bonds. The van der Waals surface area contributed by atoms with Gasteiger partial charge in [-0.1, -0.05) is 6.92 Å². The summed E-state index contributed by atoms with van der Waals surface area (Å²) in [5, 5.41) is 9.76. The second-order valence-electron chi connectivity index (χ2n) is 4.71. The molecule has 4 nitrogen and oxygen atoms in total. The van der Waals surface area contributed by atoms with Gasteiger partial charge >= 0.3 is 0 Å². The molecule has 0 aliphatic heterocycles. The first-order valence-electron chi connectivity index (χ1n) is 6.69. The topological polar surface area (TPSA) is 66.6 Å². The van der Waals surface area contributed by atoms with Crippen molar-refractivity contribution in [3.05, 3.63) is 53.8 Å². The van der Waals surface area contributed by atoms with Crippen LogP contribution < -0.4 is 10.6 Å². The number of nitrogen functional groups attached to an aromatic ring is 1. The van der Waals surface area contributed by atoms with Crippen molar-refractivity contribution >= 4 is 17.3 Å². The summed E-state index contributed by atoms with van der Waals surface area (Å²) in [4.78, 5) is 14.1. The molecule has 0 heterocycles. The molecule has 2 aromatic rings. The Hall–Kier alpha value is -2.56. The molecule has 0 aromatic heterocycles. The number of carbonyl (C=O) groups excluding carboxylic acids is 1. The van der Waals surface area contributed by atoms with Gasteiger partial charge in [-0.3, -0.25) is 4.79 Å². The summed E-state index contributed by atoms with van der Waals surface area (Å²) in [6, 6.07) is 10.3. The molecule has 110 valence electrons. The summed E-state index contributed by atoms with van der Waals surface area (Å²) in [6.07, 6.45) is 0.748. The van der Waals surface area contributed by atoms with E-state index in [-0.39, 0.29) is 17.2 Å². The van der Waals surface area contributed by atoms with Gasteiger partial charge in [0.15, 0.2) is 0 Å². The summed E-state index contributed by atoms with van der Waals surface area (Å²) >= 11 is 0. The highest BCUT2D eigenvalue weighted by Crippen LogP contribution is 2.24. The zero-order chi connectivity index (χ0) is 15.4. The molecule has 2 rings (SSSR count). The Balaban J connectivity index is 2.37. The highest BCUT2D eigenvalue weighted by atomic mass is 19.1. The van der Waals surface area contributed by atoms with Crippen LogP contribution in [0.25, 0.3) is 0 Å². The molecule has 21 heavy (non-hydrogen) atoms. The van der Waals surface area contributed by atoms with Gasteiger partial charge in [0, 0.05) is 24.0 Å². The Morgan fingerprint density at radius 2 is 1.90 bits per heavy atom.